The van der Waals surface area contributed by atoms with Crippen molar-refractivity contribution in [2.45, 2.75) is 46.5 Å². The van der Waals surface area contributed by atoms with Crippen LogP contribution in [0.3, 0.4) is 0 Å². The highest BCUT2D eigenvalue weighted by molar-refractivity contribution is 5.89. The van der Waals surface area contributed by atoms with Gasteiger partial charge in [-0.2, -0.15) is 0 Å². The second kappa shape index (κ2) is 13.2. The normalized spacial score (nSPS) is 9.29. The molecule has 0 amide bonds. The van der Waals surface area contributed by atoms with Gasteiger partial charge in [0.25, 0.3) is 0 Å². The van der Waals surface area contributed by atoms with Crippen LogP contribution in [0.5, 0.6) is 0 Å². The molecule has 4 nitrogen and oxygen atoms in total. The summed E-state index contributed by atoms with van der Waals surface area (Å²) in [6.07, 6.45) is 3.83. The summed E-state index contributed by atoms with van der Waals surface area (Å²) in [5, 5.41) is 0. The van der Waals surface area contributed by atoms with E-state index in [9.17, 15) is 9.59 Å². The first-order chi connectivity index (χ1) is 10.2. The Morgan fingerprint density at radius 3 is 2.05 bits per heavy atom. The Hall–Kier alpha value is -1.84. The van der Waals surface area contributed by atoms with E-state index < -0.39 is 0 Å². The van der Waals surface area contributed by atoms with E-state index in [0.717, 1.165) is 19.3 Å². The molecule has 0 fully saturated rings. The SMILES string of the molecule is CCCCCC(=O)OCC.CCOC(=O)c1ccccc1. The molecule has 0 heterocycles. The Kier molecular flexibility index (Phi) is 12.0. The number of esters is 2. The molecule has 1 aromatic rings. The fourth-order valence-electron chi connectivity index (χ4n) is 1.54. The highest BCUT2D eigenvalue weighted by atomic mass is 16.5. The van der Waals surface area contributed by atoms with Crippen molar-refractivity contribution in [1.82, 2.24) is 0 Å². The molecule has 4 heteroatoms. The first-order valence-electron chi connectivity index (χ1n) is 7.53. The molecule has 0 aliphatic rings. The van der Waals surface area contributed by atoms with Crippen molar-refractivity contribution in [3.63, 3.8) is 0 Å². The van der Waals surface area contributed by atoms with Crippen LogP contribution in [-0.4, -0.2) is 25.2 Å². The third-order valence-electron chi connectivity index (χ3n) is 2.57. The van der Waals surface area contributed by atoms with Crippen LogP contribution in [0, 0.1) is 0 Å². The number of carbonyl (C=O) groups is 2. The Morgan fingerprint density at radius 1 is 0.905 bits per heavy atom. The number of carbonyl (C=O) groups excluding carboxylic acids is 2. The van der Waals surface area contributed by atoms with Crippen molar-refractivity contribution in [3.8, 4) is 0 Å². The van der Waals surface area contributed by atoms with Crippen molar-refractivity contribution >= 4 is 11.9 Å². The topological polar surface area (TPSA) is 52.6 Å². The number of ether oxygens (including phenoxy) is 2. The zero-order valence-electron chi connectivity index (χ0n) is 13.3. The van der Waals surface area contributed by atoms with Crippen LogP contribution < -0.4 is 0 Å². The maximum atomic E-state index is 11.0. The molecule has 0 aliphatic carbocycles. The van der Waals surface area contributed by atoms with Gasteiger partial charge in [-0.1, -0.05) is 38.0 Å². The average Bonchev–Trinajstić information content (AvgIpc) is 2.50. The van der Waals surface area contributed by atoms with Crippen LogP contribution in [0.4, 0.5) is 0 Å². The van der Waals surface area contributed by atoms with Gasteiger partial charge in [0, 0.05) is 6.42 Å². The van der Waals surface area contributed by atoms with Gasteiger partial charge in [0.2, 0.25) is 0 Å². The van der Waals surface area contributed by atoms with Gasteiger partial charge < -0.3 is 9.47 Å². The van der Waals surface area contributed by atoms with Crippen LogP contribution in [0.25, 0.3) is 0 Å². The minimum absolute atomic E-state index is 0.0593. The monoisotopic (exact) mass is 294 g/mol. The predicted molar refractivity (Wildman–Crippen MR) is 83.2 cm³/mol. The van der Waals surface area contributed by atoms with Gasteiger partial charge in [0.15, 0.2) is 0 Å². The molecular weight excluding hydrogens is 268 g/mol. The number of hydrogen-bond acceptors (Lipinski definition) is 4. The predicted octanol–water partition coefficient (Wildman–Crippen LogP) is 3.99. The van der Waals surface area contributed by atoms with E-state index in [1.807, 2.05) is 25.1 Å². The van der Waals surface area contributed by atoms with Gasteiger partial charge in [-0.3, -0.25) is 4.79 Å². The molecule has 0 spiro atoms. The number of rotatable bonds is 7. The molecule has 21 heavy (non-hydrogen) atoms. The summed E-state index contributed by atoms with van der Waals surface area (Å²) in [5.41, 5.74) is 0.606. The summed E-state index contributed by atoms with van der Waals surface area (Å²) in [5.74, 6) is -0.316. The molecule has 0 radical (unpaired) electrons. The molecule has 0 bridgehead atoms. The second-order valence-electron chi connectivity index (χ2n) is 4.35. The first kappa shape index (κ1) is 19.2. The summed E-state index contributed by atoms with van der Waals surface area (Å²) >= 11 is 0. The average molecular weight is 294 g/mol. The third-order valence-corrected chi connectivity index (χ3v) is 2.57. The van der Waals surface area contributed by atoms with Crippen molar-refractivity contribution < 1.29 is 19.1 Å². The summed E-state index contributed by atoms with van der Waals surface area (Å²) in [6.45, 7) is 6.67. The highest BCUT2D eigenvalue weighted by Crippen LogP contribution is 2.00. The largest absolute Gasteiger partial charge is 0.466 e. The van der Waals surface area contributed by atoms with E-state index in [1.165, 1.54) is 0 Å². The molecule has 0 atom stereocenters. The minimum Gasteiger partial charge on any atom is -0.466 e. The summed E-state index contributed by atoms with van der Waals surface area (Å²) < 4.78 is 9.54. The van der Waals surface area contributed by atoms with E-state index in [4.69, 9.17) is 9.47 Å². The van der Waals surface area contributed by atoms with E-state index in [0.29, 0.717) is 25.2 Å². The third kappa shape index (κ3) is 10.6. The van der Waals surface area contributed by atoms with Gasteiger partial charge in [-0.25, -0.2) is 4.79 Å². The number of hydrogen-bond donors (Lipinski definition) is 0. The lowest BCUT2D eigenvalue weighted by Crippen LogP contribution is -2.03. The van der Waals surface area contributed by atoms with Crippen molar-refractivity contribution in [2.75, 3.05) is 13.2 Å². The lowest BCUT2D eigenvalue weighted by molar-refractivity contribution is -0.143. The second-order valence-corrected chi connectivity index (χ2v) is 4.35. The number of benzene rings is 1. The standard InChI is InChI=1S/C9H10O2.C8H16O2/c1-2-11-9(10)8-6-4-3-5-7-8;1-3-5-6-7-8(9)10-4-2/h3-7H,2H2,1H3;3-7H2,1-2H3. The minimum atomic E-state index is -0.256. The molecule has 0 saturated heterocycles. The molecule has 118 valence electrons. The summed E-state index contributed by atoms with van der Waals surface area (Å²) in [7, 11) is 0. The van der Waals surface area contributed by atoms with E-state index in [-0.39, 0.29) is 11.9 Å². The maximum absolute atomic E-state index is 11.0. The summed E-state index contributed by atoms with van der Waals surface area (Å²) in [6, 6.07) is 8.96. The Bertz CT molecular complexity index is 387. The van der Waals surface area contributed by atoms with Gasteiger partial charge >= 0.3 is 11.9 Å². The lowest BCUT2D eigenvalue weighted by Gasteiger charge is -1.99. The van der Waals surface area contributed by atoms with Crippen molar-refractivity contribution in [3.05, 3.63) is 35.9 Å². The van der Waals surface area contributed by atoms with Crippen LogP contribution >= 0.6 is 0 Å². The first-order valence-corrected chi connectivity index (χ1v) is 7.53. The molecule has 0 aliphatic heterocycles. The Balaban J connectivity index is 0.000000384. The van der Waals surface area contributed by atoms with Crippen LogP contribution in [-0.2, 0) is 14.3 Å². The smallest absolute Gasteiger partial charge is 0.338 e. The molecular formula is C17H26O4. The Labute approximate surface area is 127 Å². The highest BCUT2D eigenvalue weighted by Gasteiger charge is 2.02. The quantitative estimate of drug-likeness (QED) is 0.563. The van der Waals surface area contributed by atoms with E-state index >= 15 is 0 Å². The zero-order valence-corrected chi connectivity index (χ0v) is 13.3. The van der Waals surface area contributed by atoms with Crippen LogP contribution in [0.1, 0.15) is 56.8 Å². The number of unbranched alkanes of at least 4 members (excludes halogenated alkanes) is 2. The zero-order chi connectivity index (χ0) is 15.9. The van der Waals surface area contributed by atoms with Gasteiger partial charge in [0.1, 0.15) is 0 Å². The van der Waals surface area contributed by atoms with Gasteiger partial charge in [-0.15, -0.1) is 0 Å². The van der Waals surface area contributed by atoms with Gasteiger partial charge in [0.05, 0.1) is 18.8 Å². The van der Waals surface area contributed by atoms with Crippen molar-refractivity contribution in [1.29, 1.82) is 0 Å². The van der Waals surface area contributed by atoms with Gasteiger partial charge in [-0.05, 0) is 32.4 Å². The molecule has 0 aromatic heterocycles. The Morgan fingerprint density at radius 2 is 1.52 bits per heavy atom. The fourth-order valence-corrected chi connectivity index (χ4v) is 1.54. The molecule has 0 N–H and O–H groups in total. The summed E-state index contributed by atoms with van der Waals surface area (Å²) in [4.78, 5) is 21.7. The lowest BCUT2D eigenvalue weighted by atomic mass is 10.2. The van der Waals surface area contributed by atoms with Crippen LogP contribution in [0.2, 0.25) is 0 Å². The van der Waals surface area contributed by atoms with E-state index in [1.54, 1.807) is 19.1 Å². The fraction of sp³-hybridized carbons (Fsp3) is 0.529. The van der Waals surface area contributed by atoms with E-state index in [2.05, 4.69) is 6.92 Å². The molecule has 0 unspecified atom stereocenters. The molecule has 1 rings (SSSR count). The van der Waals surface area contributed by atoms with Crippen molar-refractivity contribution in [2.24, 2.45) is 0 Å². The molecule has 1 aromatic carbocycles. The van der Waals surface area contributed by atoms with Crippen LogP contribution in [0.15, 0.2) is 30.3 Å². The maximum Gasteiger partial charge on any atom is 0.338 e. The molecule has 0 saturated carbocycles.